The number of carbonyl (C=O) groups excluding carboxylic acids is 1. The summed E-state index contributed by atoms with van der Waals surface area (Å²) < 4.78 is 5.19. The number of ether oxygens (including phenoxy) is 1. The van der Waals surface area contributed by atoms with Gasteiger partial charge in [-0.3, -0.25) is 0 Å². The highest BCUT2D eigenvalue weighted by atomic mass is 35.5. The van der Waals surface area contributed by atoms with E-state index in [1.54, 1.807) is 18.2 Å². The second kappa shape index (κ2) is 9.22. The molecule has 0 aliphatic heterocycles. The van der Waals surface area contributed by atoms with Gasteiger partial charge in [-0.2, -0.15) is 0 Å². The first-order valence-corrected chi connectivity index (χ1v) is 7.53. The Morgan fingerprint density at radius 2 is 1.79 bits per heavy atom. The first-order chi connectivity index (χ1) is 9.15. The summed E-state index contributed by atoms with van der Waals surface area (Å²) in [4.78, 5) is 11.8. The Balaban J connectivity index is 2.24. The summed E-state index contributed by atoms with van der Waals surface area (Å²) in [6, 6.07) is 4.77. The van der Waals surface area contributed by atoms with Gasteiger partial charge in [0.05, 0.1) is 17.2 Å². The van der Waals surface area contributed by atoms with Crippen LogP contribution < -0.4 is 0 Å². The van der Waals surface area contributed by atoms with Crippen molar-refractivity contribution < 1.29 is 9.53 Å². The minimum absolute atomic E-state index is 0.334. The first-order valence-electron chi connectivity index (χ1n) is 6.77. The van der Waals surface area contributed by atoms with E-state index in [4.69, 9.17) is 27.9 Å². The highest BCUT2D eigenvalue weighted by Gasteiger charge is 2.11. The van der Waals surface area contributed by atoms with Crippen LogP contribution in [0.1, 0.15) is 55.8 Å². The SMILES string of the molecule is CCCCCCCCOC(=O)c1ccc(Cl)cc1Cl. The Bertz CT molecular complexity index is 405. The molecule has 0 aliphatic carbocycles. The van der Waals surface area contributed by atoms with Crippen LogP contribution in [0.15, 0.2) is 18.2 Å². The third-order valence-corrected chi connectivity index (χ3v) is 3.43. The lowest BCUT2D eigenvalue weighted by molar-refractivity contribution is 0.0498. The molecule has 0 fully saturated rings. The minimum Gasteiger partial charge on any atom is -0.462 e. The quantitative estimate of drug-likeness (QED) is 0.467. The molecular weight excluding hydrogens is 283 g/mol. The maximum Gasteiger partial charge on any atom is 0.339 e. The molecule has 1 aromatic rings. The third-order valence-electron chi connectivity index (χ3n) is 2.88. The summed E-state index contributed by atoms with van der Waals surface area (Å²) in [6.45, 7) is 2.64. The fourth-order valence-electron chi connectivity index (χ4n) is 1.78. The predicted molar refractivity (Wildman–Crippen MR) is 80.1 cm³/mol. The summed E-state index contributed by atoms with van der Waals surface area (Å²) in [5, 5.41) is 0.845. The van der Waals surface area contributed by atoms with Crippen molar-refractivity contribution in [1.82, 2.24) is 0 Å². The van der Waals surface area contributed by atoms with E-state index in [1.807, 2.05) is 0 Å². The molecule has 1 aromatic carbocycles. The van der Waals surface area contributed by atoms with Gasteiger partial charge in [0, 0.05) is 5.02 Å². The number of hydrogen-bond donors (Lipinski definition) is 0. The van der Waals surface area contributed by atoms with Crippen LogP contribution >= 0.6 is 23.2 Å². The monoisotopic (exact) mass is 302 g/mol. The Hall–Kier alpha value is -0.730. The van der Waals surface area contributed by atoms with Gasteiger partial charge in [-0.15, -0.1) is 0 Å². The van der Waals surface area contributed by atoms with Crippen molar-refractivity contribution in [1.29, 1.82) is 0 Å². The molecule has 0 saturated carbocycles. The summed E-state index contributed by atoms with van der Waals surface area (Å²) in [5.41, 5.74) is 0.372. The summed E-state index contributed by atoms with van der Waals surface area (Å²) in [6.07, 6.45) is 6.98. The van der Waals surface area contributed by atoms with Crippen molar-refractivity contribution in [3.05, 3.63) is 33.8 Å². The summed E-state index contributed by atoms with van der Waals surface area (Å²) in [7, 11) is 0. The Labute approximate surface area is 125 Å². The van der Waals surface area contributed by atoms with Gasteiger partial charge < -0.3 is 4.74 Å². The maximum atomic E-state index is 11.8. The van der Waals surface area contributed by atoms with Crippen molar-refractivity contribution in [3.63, 3.8) is 0 Å². The molecule has 0 radical (unpaired) electrons. The smallest absolute Gasteiger partial charge is 0.339 e. The molecule has 0 unspecified atom stereocenters. The van der Waals surface area contributed by atoms with E-state index in [9.17, 15) is 4.79 Å². The van der Waals surface area contributed by atoms with Crippen LogP contribution in [-0.2, 0) is 4.74 Å². The predicted octanol–water partition coefficient (Wildman–Crippen LogP) is 5.51. The van der Waals surface area contributed by atoms with Crippen molar-refractivity contribution in [2.45, 2.75) is 45.4 Å². The average molecular weight is 303 g/mol. The Morgan fingerprint density at radius 3 is 2.47 bits per heavy atom. The van der Waals surface area contributed by atoms with Crippen LogP contribution in [0.3, 0.4) is 0 Å². The van der Waals surface area contributed by atoms with E-state index in [0.29, 0.717) is 22.2 Å². The molecule has 19 heavy (non-hydrogen) atoms. The second-order valence-electron chi connectivity index (χ2n) is 4.53. The van der Waals surface area contributed by atoms with E-state index in [-0.39, 0.29) is 5.97 Å². The first kappa shape index (κ1) is 16.3. The maximum absolute atomic E-state index is 11.8. The zero-order valence-electron chi connectivity index (χ0n) is 11.3. The van der Waals surface area contributed by atoms with Gasteiger partial charge in [-0.1, -0.05) is 62.2 Å². The van der Waals surface area contributed by atoms with E-state index >= 15 is 0 Å². The second-order valence-corrected chi connectivity index (χ2v) is 5.37. The number of carbonyl (C=O) groups is 1. The zero-order valence-corrected chi connectivity index (χ0v) is 12.8. The molecule has 0 N–H and O–H groups in total. The molecule has 0 aliphatic rings. The number of hydrogen-bond acceptors (Lipinski definition) is 2. The highest BCUT2D eigenvalue weighted by molar-refractivity contribution is 6.36. The van der Waals surface area contributed by atoms with Crippen molar-refractivity contribution in [2.24, 2.45) is 0 Å². The minimum atomic E-state index is -0.379. The molecule has 1 rings (SSSR count). The molecule has 0 heterocycles. The molecule has 106 valence electrons. The Morgan fingerprint density at radius 1 is 1.11 bits per heavy atom. The molecule has 0 saturated heterocycles. The van der Waals surface area contributed by atoms with Gasteiger partial charge in [0.15, 0.2) is 0 Å². The lowest BCUT2D eigenvalue weighted by Gasteiger charge is -2.06. The Kier molecular flexibility index (Phi) is 7.92. The molecule has 0 spiro atoms. The standard InChI is InChI=1S/C15H20Cl2O2/c1-2-3-4-5-6-7-10-19-15(18)13-9-8-12(16)11-14(13)17/h8-9,11H,2-7,10H2,1H3. The van der Waals surface area contributed by atoms with Crippen LogP contribution in [0, 0.1) is 0 Å². The van der Waals surface area contributed by atoms with Gasteiger partial charge in [-0.25, -0.2) is 4.79 Å². The average Bonchev–Trinajstić information content (AvgIpc) is 2.37. The largest absolute Gasteiger partial charge is 0.462 e. The number of unbranched alkanes of at least 4 members (excludes halogenated alkanes) is 5. The molecular formula is C15H20Cl2O2. The molecule has 2 nitrogen and oxygen atoms in total. The number of rotatable bonds is 8. The molecule has 0 bridgehead atoms. The van der Waals surface area contributed by atoms with Gasteiger partial charge in [0.1, 0.15) is 0 Å². The van der Waals surface area contributed by atoms with Crippen molar-refractivity contribution in [3.8, 4) is 0 Å². The van der Waals surface area contributed by atoms with Gasteiger partial charge in [0.2, 0.25) is 0 Å². The molecule has 0 atom stereocenters. The van der Waals surface area contributed by atoms with Crippen LogP contribution in [0.5, 0.6) is 0 Å². The van der Waals surface area contributed by atoms with E-state index in [1.165, 1.54) is 25.7 Å². The fourth-order valence-corrected chi connectivity index (χ4v) is 2.27. The van der Waals surface area contributed by atoms with Crippen LogP contribution in [-0.4, -0.2) is 12.6 Å². The lowest BCUT2D eigenvalue weighted by Crippen LogP contribution is -2.07. The molecule has 0 amide bonds. The van der Waals surface area contributed by atoms with Crippen LogP contribution in [0.2, 0.25) is 10.0 Å². The normalized spacial score (nSPS) is 10.5. The number of esters is 1. The summed E-state index contributed by atoms with van der Waals surface area (Å²) >= 11 is 11.7. The fraction of sp³-hybridized carbons (Fsp3) is 0.533. The third kappa shape index (κ3) is 6.31. The highest BCUT2D eigenvalue weighted by Crippen LogP contribution is 2.21. The van der Waals surface area contributed by atoms with Gasteiger partial charge in [0.25, 0.3) is 0 Å². The van der Waals surface area contributed by atoms with E-state index in [2.05, 4.69) is 6.92 Å². The molecule has 4 heteroatoms. The number of benzene rings is 1. The van der Waals surface area contributed by atoms with Crippen LogP contribution in [0.25, 0.3) is 0 Å². The lowest BCUT2D eigenvalue weighted by atomic mass is 10.1. The van der Waals surface area contributed by atoms with E-state index < -0.39 is 0 Å². The zero-order chi connectivity index (χ0) is 14.1. The van der Waals surface area contributed by atoms with Crippen LogP contribution in [0.4, 0.5) is 0 Å². The van der Waals surface area contributed by atoms with Crippen molar-refractivity contribution >= 4 is 29.2 Å². The van der Waals surface area contributed by atoms with Gasteiger partial charge >= 0.3 is 5.97 Å². The van der Waals surface area contributed by atoms with Gasteiger partial charge in [-0.05, 0) is 24.6 Å². The van der Waals surface area contributed by atoms with E-state index in [0.717, 1.165) is 12.8 Å². The molecule has 0 aromatic heterocycles. The topological polar surface area (TPSA) is 26.3 Å². The number of halogens is 2. The van der Waals surface area contributed by atoms with Crippen molar-refractivity contribution in [2.75, 3.05) is 6.61 Å². The summed E-state index contributed by atoms with van der Waals surface area (Å²) in [5.74, 6) is -0.379.